The van der Waals surface area contributed by atoms with Crippen LogP contribution in [0.25, 0.3) is 43.8 Å². The molecule has 0 saturated carbocycles. The van der Waals surface area contributed by atoms with Crippen molar-refractivity contribution in [2.75, 3.05) is 0 Å². The number of para-hydroxylation sites is 1. The Balaban J connectivity index is 1.15. The zero-order valence-electron chi connectivity index (χ0n) is 34.3. The van der Waals surface area contributed by atoms with E-state index >= 15 is 0 Å². The van der Waals surface area contributed by atoms with Gasteiger partial charge < -0.3 is 9.88 Å². The summed E-state index contributed by atoms with van der Waals surface area (Å²) in [6.07, 6.45) is 23.2. The van der Waals surface area contributed by atoms with Crippen molar-refractivity contribution >= 4 is 38.7 Å². The number of quaternary nitrogens is 1. The van der Waals surface area contributed by atoms with Crippen LogP contribution >= 0.6 is 11.8 Å². The first kappa shape index (κ1) is 34.9. The zero-order chi connectivity index (χ0) is 39.9. The van der Waals surface area contributed by atoms with E-state index in [9.17, 15) is 0 Å². The Morgan fingerprint density at radius 3 is 2.43 bits per heavy atom. The number of fused-ring (bicyclic) bond motifs is 14. The highest BCUT2D eigenvalue weighted by Crippen LogP contribution is 2.65. The molecular formula is C57H47N2S+. The van der Waals surface area contributed by atoms with Crippen LogP contribution in [0.4, 0.5) is 0 Å². The van der Waals surface area contributed by atoms with Gasteiger partial charge in [-0.1, -0.05) is 154 Å². The summed E-state index contributed by atoms with van der Waals surface area (Å²) in [5.74, 6) is 1.34. The minimum Gasteiger partial charge on any atom is -0.311 e. The molecule has 3 aliphatic heterocycles. The van der Waals surface area contributed by atoms with Crippen molar-refractivity contribution in [2.24, 2.45) is 17.8 Å². The van der Waals surface area contributed by atoms with Gasteiger partial charge in [0.05, 0.1) is 28.2 Å². The Hall–Kier alpha value is -5.87. The number of hydrogen-bond donors (Lipinski definition) is 1. The summed E-state index contributed by atoms with van der Waals surface area (Å²) in [5.41, 5.74) is 17.7. The first-order chi connectivity index (χ1) is 29.4. The molecule has 1 spiro atoms. The third-order valence-corrected chi connectivity index (χ3v) is 16.5. The lowest BCUT2D eigenvalue weighted by Gasteiger charge is -2.46. The molecule has 0 amide bonds. The summed E-state index contributed by atoms with van der Waals surface area (Å²) in [6.45, 7) is 7.32. The Kier molecular flexibility index (Phi) is 7.33. The Bertz CT molecular complexity index is 3220. The number of benzene rings is 5. The summed E-state index contributed by atoms with van der Waals surface area (Å²) in [6, 6.07) is 44.8. The van der Waals surface area contributed by atoms with Gasteiger partial charge in [0.15, 0.2) is 0 Å². The quantitative estimate of drug-likeness (QED) is 0.189. The maximum absolute atomic E-state index is 2.69. The van der Waals surface area contributed by atoms with Crippen LogP contribution in [0, 0.1) is 17.8 Å². The van der Waals surface area contributed by atoms with Crippen LogP contribution in [-0.4, -0.2) is 4.57 Å². The second kappa shape index (κ2) is 12.6. The topological polar surface area (TPSA) is 21.5 Å². The van der Waals surface area contributed by atoms with Crippen LogP contribution < -0.4 is 15.9 Å². The molecule has 1 aromatic heterocycles. The predicted octanol–water partition coefficient (Wildman–Crippen LogP) is 11.1. The van der Waals surface area contributed by atoms with Gasteiger partial charge in [0, 0.05) is 37.3 Å². The summed E-state index contributed by atoms with van der Waals surface area (Å²) >= 11 is 2.03. The highest BCUT2D eigenvalue weighted by atomic mass is 32.2. The molecule has 2 nitrogen and oxygen atoms in total. The van der Waals surface area contributed by atoms with Gasteiger partial charge in [-0.15, -0.1) is 0 Å². The van der Waals surface area contributed by atoms with Crippen molar-refractivity contribution in [1.82, 2.24) is 4.57 Å². The number of nitrogens with two attached hydrogens (primary N) is 1. The third-order valence-electron chi connectivity index (χ3n) is 15.1. The van der Waals surface area contributed by atoms with Crippen molar-refractivity contribution in [3.05, 3.63) is 220 Å². The van der Waals surface area contributed by atoms with Crippen LogP contribution in [0.5, 0.6) is 0 Å². The standard InChI is InChI=1S/C57H46N2S/c1-34-21-24-41-42-25-22-37(36-14-5-4-6-15-36)31-47(42)57(46(41)29-34)44-17-9-11-19-51(44)59-50-26-23-39(49-32-38(27-28-58-49)40-16-8-7-13-35(40)2)30-43(50)53-54(59)48(57)33-56(3)45-18-10-12-20-52(45)60-55(53)56/h4-28,30-32,34-35,40,49,58H,29,33H2,1-3H3/p+1. The minimum absolute atomic E-state index is 0.168. The van der Waals surface area contributed by atoms with Crippen LogP contribution in [0.3, 0.4) is 0 Å². The maximum Gasteiger partial charge on any atom is 0.135 e. The Labute approximate surface area is 356 Å². The largest absolute Gasteiger partial charge is 0.311 e. The number of thioether (sulfide) groups is 1. The van der Waals surface area contributed by atoms with Crippen molar-refractivity contribution < 1.29 is 5.32 Å². The van der Waals surface area contributed by atoms with Crippen molar-refractivity contribution in [1.29, 1.82) is 0 Å². The predicted molar refractivity (Wildman–Crippen MR) is 249 cm³/mol. The normalized spacial score (nSPS) is 27.5. The molecule has 0 fully saturated rings. The van der Waals surface area contributed by atoms with E-state index < -0.39 is 5.41 Å². The lowest BCUT2D eigenvalue weighted by atomic mass is 9.58. The second-order valence-corrected chi connectivity index (χ2v) is 19.5. The molecule has 5 aromatic carbocycles. The molecule has 60 heavy (non-hydrogen) atoms. The highest BCUT2D eigenvalue weighted by Gasteiger charge is 2.56. The molecule has 0 saturated heterocycles. The fraction of sp³-hybridized carbons (Fsp3) is 0.193. The van der Waals surface area contributed by atoms with E-state index in [1.165, 1.54) is 87.0 Å². The fourth-order valence-electron chi connectivity index (χ4n) is 12.4. The molecule has 0 radical (unpaired) electrons. The van der Waals surface area contributed by atoms with Gasteiger partial charge >= 0.3 is 0 Å². The van der Waals surface area contributed by atoms with Crippen molar-refractivity contribution in [3.8, 4) is 16.8 Å². The first-order valence-electron chi connectivity index (χ1n) is 21.9. The number of rotatable bonds is 3. The molecule has 6 aromatic rings. The molecule has 290 valence electrons. The van der Waals surface area contributed by atoms with Crippen LogP contribution in [0.2, 0.25) is 0 Å². The molecule has 0 bridgehead atoms. The molecular weight excluding hydrogens is 745 g/mol. The SMILES string of the molecule is CC1C=CC2=C(C1)C1(C3=c4c(c5cc(C6C=C(C7C=CC=CC7C)C=C[NH2+]6)ccc5n4-c4ccccc41)=C1Sc4ccccc4C1(C)C3)c1cc(-c3ccccc3)ccc12. The molecule has 4 heterocycles. The number of aromatic nitrogens is 1. The summed E-state index contributed by atoms with van der Waals surface area (Å²) < 4.78 is 2.69. The van der Waals surface area contributed by atoms with Gasteiger partial charge in [-0.05, 0) is 123 Å². The van der Waals surface area contributed by atoms with E-state index in [1.807, 2.05) is 11.8 Å². The second-order valence-electron chi connectivity index (χ2n) is 18.5. The summed E-state index contributed by atoms with van der Waals surface area (Å²) in [5, 5.41) is 6.65. The number of hydrogen-bond acceptors (Lipinski definition) is 1. The smallest absolute Gasteiger partial charge is 0.135 e. The third kappa shape index (κ3) is 4.55. The number of allylic oxidation sites excluding steroid dienone is 10. The highest BCUT2D eigenvalue weighted by molar-refractivity contribution is 8.08. The van der Waals surface area contributed by atoms with E-state index in [-0.39, 0.29) is 11.5 Å². The van der Waals surface area contributed by atoms with Crippen LogP contribution in [0.15, 0.2) is 186 Å². The van der Waals surface area contributed by atoms with Gasteiger partial charge in [0.2, 0.25) is 0 Å². The van der Waals surface area contributed by atoms with E-state index in [2.05, 4.69) is 201 Å². The monoisotopic (exact) mass is 791 g/mol. The minimum atomic E-state index is -0.401. The van der Waals surface area contributed by atoms with Gasteiger partial charge in [-0.2, -0.15) is 0 Å². The van der Waals surface area contributed by atoms with E-state index in [1.54, 1.807) is 11.1 Å². The zero-order valence-corrected chi connectivity index (χ0v) is 35.1. The maximum atomic E-state index is 2.69. The number of nitrogens with zero attached hydrogens (tertiary/aromatic N) is 1. The van der Waals surface area contributed by atoms with Gasteiger partial charge in [-0.25, -0.2) is 0 Å². The first-order valence-corrected chi connectivity index (χ1v) is 22.8. The molecule has 13 rings (SSSR count). The molecule has 6 unspecified atom stereocenters. The van der Waals surface area contributed by atoms with E-state index in [0.29, 0.717) is 17.8 Å². The van der Waals surface area contributed by atoms with Crippen LogP contribution in [-0.2, 0) is 10.8 Å². The molecule has 4 aliphatic carbocycles. The van der Waals surface area contributed by atoms with E-state index in [4.69, 9.17) is 0 Å². The summed E-state index contributed by atoms with van der Waals surface area (Å²) in [4.78, 5) is 2.91. The van der Waals surface area contributed by atoms with E-state index in [0.717, 1.165) is 12.8 Å². The van der Waals surface area contributed by atoms with Gasteiger partial charge in [-0.3, -0.25) is 0 Å². The fourth-order valence-corrected chi connectivity index (χ4v) is 13.9. The lowest BCUT2D eigenvalue weighted by molar-refractivity contribution is -0.623. The molecule has 7 aliphatic rings. The summed E-state index contributed by atoms with van der Waals surface area (Å²) in [7, 11) is 0. The van der Waals surface area contributed by atoms with Crippen molar-refractivity contribution in [3.63, 3.8) is 0 Å². The lowest BCUT2D eigenvalue weighted by Crippen LogP contribution is -2.79. The Morgan fingerprint density at radius 2 is 1.55 bits per heavy atom. The van der Waals surface area contributed by atoms with Crippen molar-refractivity contribution in [2.45, 2.75) is 55.4 Å². The molecule has 3 heteroatoms. The average molecular weight is 792 g/mol. The molecule has 2 N–H and O–H groups in total. The van der Waals surface area contributed by atoms with Gasteiger partial charge in [0.25, 0.3) is 0 Å². The van der Waals surface area contributed by atoms with Crippen LogP contribution in [0.1, 0.15) is 67.5 Å². The molecule has 6 atom stereocenters. The van der Waals surface area contributed by atoms with Gasteiger partial charge in [0.1, 0.15) is 6.04 Å². The average Bonchev–Trinajstić information content (AvgIpc) is 3.89. The Morgan fingerprint density at radius 1 is 0.733 bits per heavy atom.